The Morgan fingerprint density at radius 2 is 1.95 bits per heavy atom. The molecule has 1 aromatic rings. The van der Waals surface area contributed by atoms with E-state index in [9.17, 15) is 0 Å². The van der Waals surface area contributed by atoms with Crippen molar-refractivity contribution in [3.63, 3.8) is 0 Å². The Bertz CT molecular complexity index is 406. The van der Waals surface area contributed by atoms with Gasteiger partial charge in [0.05, 0.1) is 0 Å². The molecule has 110 valence electrons. The second kappa shape index (κ2) is 6.50. The average Bonchev–Trinajstić information content (AvgIpc) is 2.99. The first-order chi connectivity index (χ1) is 9.82. The number of hydrogen-bond donors (Lipinski definition) is 1. The predicted octanol–water partition coefficient (Wildman–Crippen LogP) is 2.78. The lowest BCUT2D eigenvalue weighted by Gasteiger charge is -2.44. The van der Waals surface area contributed by atoms with Crippen LogP contribution in [0.3, 0.4) is 0 Å². The molecule has 0 spiro atoms. The SMILES string of the molecule is NCC1(N2CCC(Cc3ccccc3)CC2)CCSC1. The van der Waals surface area contributed by atoms with Crippen molar-refractivity contribution in [1.82, 2.24) is 4.90 Å². The summed E-state index contributed by atoms with van der Waals surface area (Å²) in [5.74, 6) is 3.39. The smallest absolute Gasteiger partial charge is 0.0429 e. The quantitative estimate of drug-likeness (QED) is 0.924. The number of thioether (sulfide) groups is 1. The molecule has 0 aromatic heterocycles. The summed E-state index contributed by atoms with van der Waals surface area (Å²) in [6.07, 6.45) is 5.21. The zero-order valence-corrected chi connectivity index (χ0v) is 13.1. The molecule has 0 aliphatic carbocycles. The molecular formula is C17H26N2S. The zero-order chi connectivity index (χ0) is 13.8. The Morgan fingerprint density at radius 3 is 2.55 bits per heavy atom. The minimum Gasteiger partial charge on any atom is -0.329 e. The van der Waals surface area contributed by atoms with Crippen LogP contribution >= 0.6 is 11.8 Å². The van der Waals surface area contributed by atoms with Crippen LogP contribution in [0.4, 0.5) is 0 Å². The molecule has 1 unspecified atom stereocenters. The highest BCUT2D eigenvalue weighted by Gasteiger charge is 2.40. The van der Waals surface area contributed by atoms with Gasteiger partial charge in [0.15, 0.2) is 0 Å². The van der Waals surface area contributed by atoms with E-state index in [0.29, 0.717) is 5.54 Å². The molecular weight excluding hydrogens is 264 g/mol. The van der Waals surface area contributed by atoms with E-state index in [0.717, 1.165) is 12.5 Å². The van der Waals surface area contributed by atoms with Crippen LogP contribution in [-0.4, -0.2) is 41.6 Å². The summed E-state index contributed by atoms with van der Waals surface area (Å²) in [7, 11) is 0. The molecule has 2 fully saturated rings. The zero-order valence-electron chi connectivity index (χ0n) is 12.3. The molecule has 0 saturated carbocycles. The van der Waals surface area contributed by atoms with Crippen molar-refractivity contribution in [3.05, 3.63) is 35.9 Å². The van der Waals surface area contributed by atoms with E-state index in [4.69, 9.17) is 5.73 Å². The molecule has 2 N–H and O–H groups in total. The van der Waals surface area contributed by atoms with Gasteiger partial charge in [-0.1, -0.05) is 30.3 Å². The topological polar surface area (TPSA) is 29.3 Å². The molecule has 2 aliphatic heterocycles. The molecule has 2 nitrogen and oxygen atoms in total. The van der Waals surface area contributed by atoms with Crippen molar-refractivity contribution in [3.8, 4) is 0 Å². The van der Waals surface area contributed by atoms with Gasteiger partial charge < -0.3 is 5.73 Å². The molecule has 2 saturated heterocycles. The predicted molar refractivity (Wildman–Crippen MR) is 88.2 cm³/mol. The third-order valence-corrected chi connectivity index (χ3v) is 6.35. The van der Waals surface area contributed by atoms with Crippen molar-refractivity contribution in [2.24, 2.45) is 11.7 Å². The molecule has 0 amide bonds. The van der Waals surface area contributed by atoms with Gasteiger partial charge in [0.2, 0.25) is 0 Å². The number of benzene rings is 1. The van der Waals surface area contributed by atoms with Gasteiger partial charge in [0, 0.05) is 17.8 Å². The van der Waals surface area contributed by atoms with Gasteiger partial charge >= 0.3 is 0 Å². The minimum absolute atomic E-state index is 0.322. The molecule has 0 radical (unpaired) electrons. The number of nitrogens with zero attached hydrogens (tertiary/aromatic N) is 1. The van der Waals surface area contributed by atoms with Crippen LogP contribution in [0.1, 0.15) is 24.8 Å². The van der Waals surface area contributed by atoms with E-state index < -0.39 is 0 Å². The average molecular weight is 290 g/mol. The van der Waals surface area contributed by atoms with Gasteiger partial charge in [-0.2, -0.15) is 11.8 Å². The number of piperidine rings is 1. The lowest BCUT2D eigenvalue weighted by molar-refractivity contribution is 0.0726. The third kappa shape index (κ3) is 3.05. The fourth-order valence-electron chi connectivity index (χ4n) is 3.69. The maximum absolute atomic E-state index is 6.10. The monoisotopic (exact) mass is 290 g/mol. The Hall–Kier alpha value is -0.510. The third-order valence-electron chi connectivity index (χ3n) is 5.12. The minimum atomic E-state index is 0.322. The summed E-state index contributed by atoms with van der Waals surface area (Å²) in [4.78, 5) is 2.70. The Labute approximate surface area is 127 Å². The van der Waals surface area contributed by atoms with Crippen molar-refractivity contribution >= 4 is 11.8 Å². The molecule has 3 rings (SSSR count). The first-order valence-electron chi connectivity index (χ1n) is 7.89. The Morgan fingerprint density at radius 1 is 1.20 bits per heavy atom. The van der Waals surface area contributed by atoms with Gasteiger partial charge in [-0.3, -0.25) is 4.90 Å². The molecule has 1 atom stereocenters. The number of likely N-dealkylation sites (tertiary alicyclic amines) is 1. The van der Waals surface area contributed by atoms with Gasteiger partial charge in [-0.15, -0.1) is 0 Å². The van der Waals surface area contributed by atoms with Crippen molar-refractivity contribution in [2.45, 2.75) is 31.2 Å². The number of rotatable bonds is 4. The second-order valence-electron chi connectivity index (χ2n) is 6.35. The first-order valence-corrected chi connectivity index (χ1v) is 9.05. The maximum Gasteiger partial charge on any atom is 0.0429 e. The van der Waals surface area contributed by atoms with Gasteiger partial charge in [0.1, 0.15) is 0 Å². The summed E-state index contributed by atoms with van der Waals surface area (Å²) >= 11 is 2.08. The molecule has 20 heavy (non-hydrogen) atoms. The highest BCUT2D eigenvalue weighted by molar-refractivity contribution is 7.99. The highest BCUT2D eigenvalue weighted by Crippen LogP contribution is 2.35. The Kier molecular flexibility index (Phi) is 4.69. The fraction of sp³-hybridized carbons (Fsp3) is 0.647. The summed E-state index contributed by atoms with van der Waals surface area (Å²) < 4.78 is 0. The summed E-state index contributed by atoms with van der Waals surface area (Å²) in [5.41, 5.74) is 7.92. The van der Waals surface area contributed by atoms with Crippen LogP contribution < -0.4 is 5.73 Å². The lowest BCUT2D eigenvalue weighted by Crippen LogP contribution is -2.56. The van der Waals surface area contributed by atoms with Crippen LogP contribution in [0.2, 0.25) is 0 Å². The van der Waals surface area contributed by atoms with Crippen LogP contribution in [0.5, 0.6) is 0 Å². The second-order valence-corrected chi connectivity index (χ2v) is 7.46. The van der Waals surface area contributed by atoms with E-state index in [1.807, 2.05) is 0 Å². The van der Waals surface area contributed by atoms with E-state index in [2.05, 4.69) is 47.0 Å². The van der Waals surface area contributed by atoms with Crippen LogP contribution in [0.25, 0.3) is 0 Å². The fourth-order valence-corrected chi connectivity index (χ4v) is 5.19. The van der Waals surface area contributed by atoms with E-state index in [-0.39, 0.29) is 0 Å². The molecule has 2 aliphatic rings. The Balaban J connectivity index is 1.54. The van der Waals surface area contributed by atoms with Crippen LogP contribution in [0, 0.1) is 5.92 Å². The van der Waals surface area contributed by atoms with E-state index >= 15 is 0 Å². The molecule has 1 aromatic carbocycles. The normalized spacial score (nSPS) is 28.9. The summed E-state index contributed by atoms with van der Waals surface area (Å²) in [5, 5.41) is 0. The highest BCUT2D eigenvalue weighted by atomic mass is 32.2. The van der Waals surface area contributed by atoms with Crippen molar-refractivity contribution in [1.29, 1.82) is 0 Å². The molecule has 3 heteroatoms. The standard InChI is InChI=1S/C17H26N2S/c18-13-17(8-11-20-14-17)19-9-6-16(7-10-19)12-15-4-2-1-3-5-15/h1-5,16H,6-14,18H2. The number of nitrogens with two attached hydrogens (primary N) is 1. The van der Waals surface area contributed by atoms with Crippen molar-refractivity contribution < 1.29 is 0 Å². The van der Waals surface area contributed by atoms with Gasteiger partial charge in [-0.25, -0.2) is 0 Å². The van der Waals surface area contributed by atoms with Gasteiger partial charge in [0.25, 0.3) is 0 Å². The largest absolute Gasteiger partial charge is 0.329 e. The van der Waals surface area contributed by atoms with Crippen LogP contribution in [0.15, 0.2) is 30.3 Å². The van der Waals surface area contributed by atoms with Crippen molar-refractivity contribution in [2.75, 3.05) is 31.1 Å². The van der Waals surface area contributed by atoms with E-state index in [1.54, 1.807) is 0 Å². The summed E-state index contributed by atoms with van der Waals surface area (Å²) in [6.45, 7) is 3.33. The molecule has 2 heterocycles. The summed E-state index contributed by atoms with van der Waals surface area (Å²) in [6, 6.07) is 10.9. The first kappa shape index (κ1) is 14.4. The van der Waals surface area contributed by atoms with Crippen LogP contribution in [-0.2, 0) is 6.42 Å². The molecule has 0 bridgehead atoms. The van der Waals surface area contributed by atoms with Gasteiger partial charge in [-0.05, 0) is 56.0 Å². The maximum atomic E-state index is 6.10. The number of hydrogen-bond acceptors (Lipinski definition) is 3. The van der Waals surface area contributed by atoms with E-state index in [1.165, 1.54) is 55.8 Å². The lowest BCUT2D eigenvalue weighted by atomic mass is 9.86.